The summed E-state index contributed by atoms with van der Waals surface area (Å²) in [7, 11) is 1.56. The molecule has 0 saturated carbocycles. The lowest BCUT2D eigenvalue weighted by Crippen LogP contribution is -2.03. The Morgan fingerprint density at radius 3 is 2.17 bits per heavy atom. The summed E-state index contributed by atoms with van der Waals surface area (Å²) in [4.78, 5) is 0. The summed E-state index contributed by atoms with van der Waals surface area (Å²) >= 11 is 30.6. The molecular formula is C21H16Cl5NO2. The van der Waals surface area contributed by atoms with Gasteiger partial charge in [-0.2, -0.15) is 0 Å². The van der Waals surface area contributed by atoms with Crippen LogP contribution in [0.3, 0.4) is 0 Å². The number of halogens is 5. The van der Waals surface area contributed by atoms with Crippen LogP contribution in [0.5, 0.6) is 11.5 Å². The molecule has 0 aliphatic rings. The second-order valence-electron chi connectivity index (χ2n) is 6.15. The van der Waals surface area contributed by atoms with Crippen molar-refractivity contribution in [3.63, 3.8) is 0 Å². The monoisotopic (exact) mass is 489 g/mol. The number of hydrogen-bond acceptors (Lipinski definition) is 3. The minimum atomic E-state index is 0.227. The van der Waals surface area contributed by atoms with E-state index in [0.717, 1.165) is 16.8 Å². The van der Waals surface area contributed by atoms with Crippen LogP contribution in [0, 0.1) is 0 Å². The first-order valence-corrected chi connectivity index (χ1v) is 10.4. The lowest BCUT2D eigenvalue weighted by Gasteiger charge is -2.15. The third-order valence-corrected chi connectivity index (χ3v) is 5.34. The van der Waals surface area contributed by atoms with E-state index < -0.39 is 0 Å². The van der Waals surface area contributed by atoms with E-state index in [4.69, 9.17) is 67.5 Å². The third-order valence-electron chi connectivity index (χ3n) is 4.04. The van der Waals surface area contributed by atoms with Crippen molar-refractivity contribution in [1.29, 1.82) is 0 Å². The van der Waals surface area contributed by atoms with E-state index >= 15 is 0 Å². The van der Waals surface area contributed by atoms with Gasteiger partial charge in [0, 0.05) is 37.9 Å². The van der Waals surface area contributed by atoms with Gasteiger partial charge in [-0.15, -0.1) is 0 Å². The Hall–Kier alpha value is -1.49. The highest BCUT2D eigenvalue weighted by atomic mass is 35.5. The molecule has 1 N–H and O–H groups in total. The summed E-state index contributed by atoms with van der Waals surface area (Å²) in [6, 6.07) is 14.1. The number of methoxy groups -OCH3 is 1. The van der Waals surface area contributed by atoms with E-state index in [2.05, 4.69) is 5.32 Å². The molecule has 0 atom stereocenters. The van der Waals surface area contributed by atoms with Gasteiger partial charge in [0.2, 0.25) is 0 Å². The zero-order chi connectivity index (χ0) is 21.0. The summed E-state index contributed by atoms with van der Waals surface area (Å²) < 4.78 is 11.3. The molecule has 3 rings (SSSR count). The van der Waals surface area contributed by atoms with Gasteiger partial charge in [0.25, 0.3) is 0 Å². The van der Waals surface area contributed by atoms with Crippen LogP contribution in [-0.4, -0.2) is 7.11 Å². The van der Waals surface area contributed by atoms with Gasteiger partial charge in [-0.05, 0) is 48.0 Å². The second kappa shape index (κ2) is 10.0. The Labute approximate surface area is 194 Å². The molecule has 0 fully saturated rings. The van der Waals surface area contributed by atoms with Crippen LogP contribution in [-0.2, 0) is 13.2 Å². The number of anilines is 1. The molecule has 0 saturated heterocycles. The van der Waals surface area contributed by atoms with Crippen molar-refractivity contribution in [3.8, 4) is 11.5 Å². The fraction of sp³-hybridized carbons (Fsp3) is 0.143. The van der Waals surface area contributed by atoms with Gasteiger partial charge < -0.3 is 14.8 Å². The highest BCUT2D eigenvalue weighted by molar-refractivity contribution is 6.35. The Kier molecular flexibility index (Phi) is 7.66. The lowest BCUT2D eigenvalue weighted by molar-refractivity contribution is 0.284. The molecule has 0 aromatic heterocycles. The number of ether oxygens (including phenoxy) is 2. The van der Waals surface area contributed by atoms with Crippen molar-refractivity contribution < 1.29 is 9.47 Å². The minimum absolute atomic E-state index is 0.227. The zero-order valence-corrected chi connectivity index (χ0v) is 19.0. The number of hydrogen-bond donors (Lipinski definition) is 1. The van der Waals surface area contributed by atoms with E-state index in [1.807, 2.05) is 12.1 Å². The lowest BCUT2D eigenvalue weighted by atomic mass is 10.2. The summed E-state index contributed by atoms with van der Waals surface area (Å²) in [5.74, 6) is 0.957. The number of nitrogens with one attached hydrogen (secondary N) is 1. The van der Waals surface area contributed by atoms with E-state index in [1.54, 1.807) is 43.5 Å². The first-order chi connectivity index (χ1) is 13.9. The second-order valence-corrected chi connectivity index (χ2v) is 8.27. The van der Waals surface area contributed by atoms with E-state index in [0.29, 0.717) is 43.2 Å². The molecule has 8 heteroatoms. The zero-order valence-electron chi connectivity index (χ0n) is 15.2. The predicted octanol–water partition coefficient (Wildman–Crippen LogP) is 8.15. The summed E-state index contributed by atoms with van der Waals surface area (Å²) in [5.41, 5.74) is 2.49. The normalized spacial score (nSPS) is 10.7. The van der Waals surface area contributed by atoms with Crippen LogP contribution < -0.4 is 14.8 Å². The van der Waals surface area contributed by atoms with E-state index in [1.165, 1.54) is 0 Å². The third kappa shape index (κ3) is 6.00. The van der Waals surface area contributed by atoms with Crippen LogP contribution in [0.4, 0.5) is 5.69 Å². The predicted molar refractivity (Wildman–Crippen MR) is 123 cm³/mol. The standard InChI is InChI=1S/C21H16Cl5NO2/c1-28-20-5-12(10-27-17-7-15(23)6-16(24)8-17)4-19(26)21(20)29-11-13-2-3-14(22)9-18(13)25/h2-9,27H,10-11H2,1H3. The average Bonchev–Trinajstić information content (AvgIpc) is 2.65. The highest BCUT2D eigenvalue weighted by Crippen LogP contribution is 2.37. The Morgan fingerprint density at radius 1 is 0.793 bits per heavy atom. The highest BCUT2D eigenvalue weighted by Gasteiger charge is 2.13. The molecule has 3 aromatic rings. The fourth-order valence-corrected chi connectivity index (χ4v) is 3.94. The summed E-state index contributed by atoms with van der Waals surface area (Å²) in [5, 5.41) is 5.88. The van der Waals surface area contributed by atoms with Crippen molar-refractivity contribution in [3.05, 3.63) is 84.8 Å². The Morgan fingerprint density at radius 2 is 1.52 bits per heavy atom. The molecule has 0 spiro atoms. The summed E-state index contributed by atoms with van der Waals surface area (Å²) in [6.45, 7) is 0.723. The summed E-state index contributed by atoms with van der Waals surface area (Å²) in [6.07, 6.45) is 0. The van der Waals surface area contributed by atoms with Gasteiger partial charge in [0.15, 0.2) is 11.5 Å². The van der Waals surface area contributed by atoms with Gasteiger partial charge in [-0.3, -0.25) is 0 Å². The Bertz CT molecular complexity index is 1010. The quantitative estimate of drug-likeness (QED) is 0.362. The maximum atomic E-state index is 6.45. The van der Waals surface area contributed by atoms with Gasteiger partial charge >= 0.3 is 0 Å². The van der Waals surface area contributed by atoms with Gasteiger partial charge in [-0.25, -0.2) is 0 Å². The smallest absolute Gasteiger partial charge is 0.180 e. The molecule has 0 unspecified atom stereocenters. The van der Waals surface area contributed by atoms with Crippen LogP contribution in [0.15, 0.2) is 48.5 Å². The number of benzene rings is 3. The van der Waals surface area contributed by atoms with Crippen LogP contribution in [0.25, 0.3) is 0 Å². The van der Waals surface area contributed by atoms with E-state index in [9.17, 15) is 0 Å². The van der Waals surface area contributed by atoms with Crippen LogP contribution in [0.1, 0.15) is 11.1 Å². The molecule has 29 heavy (non-hydrogen) atoms. The van der Waals surface area contributed by atoms with Crippen molar-refractivity contribution in [2.24, 2.45) is 0 Å². The van der Waals surface area contributed by atoms with Crippen molar-refractivity contribution >= 4 is 63.7 Å². The maximum absolute atomic E-state index is 6.45. The topological polar surface area (TPSA) is 30.5 Å². The average molecular weight is 492 g/mol. The molecule has 0 heterocycles. The van der Waals surface area contributed by atoms with Gasteiger partial charge in [-0.1, -0.05) is 64.1 Å². The first kappa shape index (κ1) is 22.2. The molecular weight excluding hydrogens is 476 g/mol. The van der Waals surface area contributed by atoms with Crippen molar-refractivity contribution in [1.82, 2.24) is 0 Å². The fourth-order valence-electron chi connectivity index (χ4n) is 2.66. The molecule has 0 bridgehead atoms. The first-order valence-electron chi connectivity index (χ1n) is 8.49. The molecule has 3 aromatic carbocycles. The maximum Gasteiger partial charge on any atom is 0.180 e. The SMILES string of the molecule is COc1cc(CNc2cc(Cl)cc(Cl)c2)cc(Cl)c1OCc1ccc(Cl)cc1Cl. The Balaban J connectivity index is 1.74. The molecule has 3 nitrogen and oxygen atoms in total. The molecule has 0 amide bonds. The van der Waals surface area contributed by atoms with Gasteiger partial charge in [0.1, 0.15) is 6.61 Å². The van der Waals surface area contributed by atoms with Gasteiger partial charge in [0.05, 0.1) is 12.1 Å². The van der Waals surface area contributed by atoms with Crippen LogP contribution in [0.2, 0.25) is 25.1 Å². The number of rotatable bonds is 7. The minimum Gasteiger partial charge on any atom is -0.493 e. The van der Waals surface area contributed by atoms with E-state index in [-0.39, 0.29) is 6.61 Å². The molecule has 0 aliphatic heterocycles. The molecule has 152 valence electrons. The van der Waals surface area contributed by atoms with Crippen LogP contribution >= 0.6 is 58.0 Å². The molecule has 0 aliphatic carbocycles. The molecule has 0 radical (unpaired) electrons. The van der Waals surface area contributed by atoms with Crippen molar-refractivity contribution in [2.45, 2.75) is 13.2 Å². The van der Waals surface area contributed by atoms with Crippen molar-refractivity contribution in [2.75, 3.05) is 12.4 Å². The largest absolute Gasteiger partial charge is 0.493 e.